The maximum Gasteiger partial charge on any atom is 0.227 e. The molecule has 1 fully saturated rings. The zero-order valence-electron chi connectivity index (χ0n) is 11.4. The minimum Gasteiger partial charge on any atom is -0.342 e. The largest absolute Gasteiger partial charge is 0.342 e. The lowest BCUT2D eigenvalue weighted by Gasteiger charge is -2.32. The van der Waals surface area contributed by atoms with Crippen molar-refractivity contribution >= 4 is 5.91 Å². The van der Waals surface area contributed by atoms with Crippen molar-refractivity contribution in [2.24, 2.45) is 5.92 Å². The van der Waals surface area contributed by atoms with E-state index in [0.29, 0.717) is 11.5 Å². The van der Waals surface area contributed by atoms with E-state index in [1.54, 1.807) is 18.2 Å². The number of amides is 1. The highest BCUT2D eigenvalue weighted by atomic mass is 19.1. The summed E-state index contributed by atoms with van der Waals surface area (Å²) in [7, 11) is 1.93. The molecule has 19 heavy (non-hydrogen) atoms. The van der Waals surface area contributed by atoms with Crippen LogP contribution in [0.4, 0.5) is 4.39 Å². The molecule has 4 heteroatoms. The second kappa shape index (κ2) is 6.66. The number of rotatable bonds is 4. The molecule has 0 spiro atoms. The number of benzene rings is 1. The summed E-state index contributed by atoms with van der Waals surface area (Å²) in [6.07, 6.45) is 2.36. The highest BCUT2D eigenvalue weighted by Gasteiger charge is 2.23. The number of hydrogen-bond donors (Lipinski definition) is 1. The van der Waals surface area contributed by atoms with E-state index in [0.717, 1.165) is 32.5 Å². The predicted octanol–water partition coefficient (Wildman–Crippen LogP) is 1.83. The fourth-order valence-corrected chi connectivity index (χ4v) is 2.66. The van der Waals surface area contributed by atoms with Crippen molar-refractivity contribution in [3.05, 3.63) is 35.6 Å². The summed E-state index contributed by atoms with van der Waals surface area (Å²) in [5.74, 6) is 0.258. The summed E-state index contributed by atoms with van der Waals surface area (Å²) in [6.45, 7) is 2.52. The third-order valence-electron chi connectivity index (χ3n) is 3.66. The van der Waals surface area contributed by atoms with Crippen LogP contribution in [0, 0.1) is 11.7 Å². The summed E-state index contributed by atoms with van der Waals surface area (Å²) in [4.78, 5) is 14.1. The molecule has 1 saturated heterocycles. The number of carbonyl (C=O) groups excluding carboxylic acids is 1. The number of halogens is 1. The molecule has 1 aromatic rings. The molecule has 1 atom stereocenters. The Hall–Kier alpha value is -1.42. The summed E-state index contributed by atoms with van der Waals surface area (Å²) >= 11 is 0. The van der Waals surface area contributed by atoms with E-state index in [1.165, 1.54) is 6.07 Å². The maximum atomic E-state index is 13.5. The SMILES string of the molecule is CNCC1CCCN(C(=O)Cc2ccccc2F)C1. The van der Waals surface area contributed by atoms with E-state index >= 15 is 0 Å². The van der Waals surface area contributed by atoms with Gasteiger partial charge in [-0.2, -0.15) is 0 Å². The average Bonchev–Trinajstić information content (AvgIpc) is 2.42. The van der Waals surface area contributed by atoms with Gasteiger partial charge in [-0.3, -0.25) is 4.79 Å². The molecule has 1 N–H and O–H groups in total. The van der Waals surface area contributed by atoms with Gasteiger partial charge in [0.1, 0.15) is 5.82 Å². The molecule has 0 bridgehead atoms. The van der Waals surface area contributed by atoms with Crippen LogP contribution in [0.2, 0.25) is 0 Å². The summed E-state index contributed by atoms with van der Waals surface area (Å²) in [5.41, 5.74) is 0.489. The normalized spacial score (nSPS) is 19.5. The Balaban J connectivity index is 1.94. The lowest BCUT2D eigenvalue weighted by Crippen LogP contribution is -2.43. The first-order chi connectivity index (χ1) is 9.20. The number of nitrogens with one attached hydrogen (secondary N) is 1. The molecular formula is C15H21FN2O. The van der Waals surface area contributed by atoms with Gasteiger partial charge in [0.05, 0.1) is 6.42 Å². The Labute approximate surface area is 113 Å². The van der Waals surface area contributed by atoms with Gasteiger partial charge in [-0.05, 0) is 44.0 Å². The minimum atomic E-state index is -0.292. The molecule has 104 valence electrons. The van der Waals surface area contributed by atoms with Crippen LogP contribution in [-0.4, -0.2) is 37.5 Å². The monoisotopic (exact) mass is 264 g/mol. The van der Waals surface area contributed by atoms with Gasteiger partial charge >= 0.3 is 0 Å². The Bertz CT molecular complexity index is 434. The zero-order chi connectivity index (χ0) is 13.7. The minimum absolute atomic E-state index is 0.0332. The Morgan fingerprint density at radius 2 is 2.26 bits per heavy atom. The Morgan fingerprint density at radius 3 is 3.00 bits per heavy atom. The van der Waals surface area contributed by atoms with E-state index in [-0.39, 0.29) is 18.1 Å². The maximum absolute atomic E-state index is 13.5. The van der Waals surface area contributed by atoms with Crippen LogP contribution < -0.4 is 5.32 Å². The molecular weight excluding hydrogens is 243 g/mol. The summed E-state index contributed by atoms with van der Waals surface area (Å²) in [5, 5.41) is 3.16. The number of piperidine rings is 1. The van der Waals surface area contributed by atoms with E-state index in [4.69, 9.17) is 0 Å². The fourth-order valence-electron chi connectivity index (χ4n) is 2.66. The molecule has 0 aliphatic carbocycles. The smallest absolute Gasteiger partial charge is 0.227 e. The number of nitrogens with zero attached hydrogens (tertiary/aromatic N) is 1. The number of carbonyl (C=O) groups is 1. The van der Waals surface area contributed by atoms with Crippen LogP contribution in [0.3, 0.4) is 0 Å². The fraction of sp³-hybridized carbons (Fsp3) is 0.533. The van der Waals surface area contributed by atoms with E-state index < -0.39 is 0 Å². The van der Waals surface area contributed by atoms with Gasteiger partial charge in [-0.15, -0.1) is 0 Å². The van der Waals surface area contributed by atoms with Gasteiger partial charge < -0.3 is 10.2 Å². The Morgan fingerprint density at radius 1 is 1.47 bits per heavy atom. The first-order valence-electron chi connectivity index (χ1n) is 6.86. The van der Waals surface area contributed by atoms with Gasteiger partial charge in [0.2, 0.25) is 5.91 Å². The predicted molar refractivity (Wildman–Crippen MR) is 73.3 cm³/mol. The van der Waals surface area contributed by atoms with Gasteiger partial charge in [0.15, 0.2) is 0 Å². The van der Waals surface area contributed by atoms with Crippen LogP contribution >= 0.6 is 0 Å². The van der Waals surface area contributed by atoms with E-state index in [2.05, 4.69) is 5.32 Å². The number of hydrogen-bond acceptors (Lipinski definition) is 2. The molecule has 0 aromatic heterocycles. The van der Waals surface area contributed by atoms with Crippen molar-refractivity contribution in [1.82, 2.24) is 10.2 Å². The molecule has 1 aromatic carbocycles. The second-order valence-corrected chi connectivity index (χ2v) is 5.17. The van der Waals surface area contributed by atoms with Crippen molar-refractivity contribution in [1.29, 1.82) is 0 Å². The van der Waals surface area contributed by atoms with E-state index in [1.807, 2.05) is 11.9 Å². The standard InChI is InChI=1S/C15H21FN2O/c1-17-10-12-5-4-8-18(11-12)15(19)9-13-6-2-3-7-14(13)16/h2-3,6-7,12,17H,4-5,8-11H2,1H3. The third-order valence-corrected chi connectivity index (χ3v) is 3.66. The first kappa shape index (κ1) is 14.0. The molecule has 2 rings (SSSR count). The molecule has 1 amide bonds. The first-order valence-corrected chi connectivity index (χ1v) is 6.86. The van der Waals surface area contributed by atoms with Gasteiger partial charge in [0.25, 0.3) is 0 Å². The van der Waals surface area contributed by atoms with Crippen molar-refractivity contribution in [3.8, 4) is 0 Å². The second-order valence-electron chi connectivity index (χ2n) is 5.17. The van der Waals surface area contributed by atoms with Crippen molar-refractivity contribution in [3.63, 3.8) is 0 Å². The van der Waals surface area contributed by atoms with Crippen LogP contribution in [0.1, 0.15) is 18.4 Å². The van der Waals surface area contributed by atoms with Crippen LogP contribution in [0.5, 0.6) is 0 Å². The van der Waals surface area contributed by atoms with E-state index in [9.17, 15) is 9.18 Å². The van der Waals surface area contributed by atoms with Crippen LogP contribution in [0.25, 0.3) is 0 Å². The van der Waals surface area contributed by atoms with Crippen LogP contribution in [0.15, 0.2) is 24.3 Å². The Kier molecular flexibility index (Phi) is 4.91. The quantitative estimate of drug-likeness (QED) is 0.900. The molecule has 1 aliphatic heterocycles. The molecule has 1 unspecified atom stereocenters. The van der Waals surface area contributed by atoms with Crippen molar-refractivity contribution < 1.29 is 9.18 Å². The van der Waals surface area contributed by atoms with Gasteiger partial charge in [0, 0.05) is 13.1 Å². The lowest BCUT2D eigenvalue weighted by atomic mass is 9.97. The average molecular weight is 264 g/mol. The highest BCUT2D eigenvalue weighted by Crippen LogP contribution is 2.17. The summed E-state index contributed by atoms with van der Waals surface area (Å²) in [6, 6.07) is 6.50. The lowest BCUT2D eigenvalue weighted by molar-refractivity contribution is -0.132. The topological polar surface area (TPSA) is 32.3 Å². The summed E-state index contributed by atoms with van der Waals surface area (Å²) < 4.78 is 13.5. The van der Waals surface area contributed by atoms with Crippen LogP contribution in [-0.2, 0) is 11.2 Å². The molecule has 0 saturated carbocycles. The molecule has 0 radical (unpaired) electrons. The molecule has 1 heterocycles. The molecule has 1 aliphatic rings. The number of likely N-dealkylation sites (tertiary alicyclic amines) is 1. The van der Waals surface area contributed by atoms with Gasteiger partial charge in [-0.1, -0.05) is 18.2 Å². The highest BCUT2D eigenvalue weighted by molar-refractivity contribution is 5.78. The van der Waals surface area contributed by atoms with Crippen molar-refractivity contribution in [2.45, 2.75) is 19.3 Å². The third kappa shape index (κ3) is 3.77. The van der Waals surface area contributed by atoms with Crippen molar-refractivity contribution in [2.75, 3.05) is 26.7 Å². The molecule has 3 nitrogen and oxygen atoms in total. The zero-order valence-corrected chi connectivity index (χ0v) is 11.4. The van der Waals surface area contributed by atoms with Gasteiger partial charge in [-0.25, -0.2) is 4.39 Å².